The Morgan fingerprint density at radius 1 is 0.593 bits per heavy atom. The van der Waals surface area contributed by atoms with Gasteiger partial charge >= 0.3 is 29.6 Å². The minimum absolute atomic E-state index is 0. The number of anilines is 1. The minimum Gasteiger partial charge on any atom is -0.543 e. The molecule has 7 rings (SSSR count). The fraction of sp³-hybridized carbons (Fsp3) is 0.0889. The number of benzene rings is 6. The van der Waals surface area contributed by atoms with E-state index in [1.807, 2.05) is 109 Å². The van der Waals surface area contributed by atoms with Gasteiger partial charge in [-0.25, -0.2) is 4.98 Å². The minimum atomic E-state index is -1.48. The van der Waals surface area contributed by atoms with Crippen molar-refractivity contribution in [2.45, 2.75) is 11.1 Å². The summed E-state index contributed by atoms with van der Waals surface area (Å²) in [5.74, 6) is -1.48. The quantitative estimate of drug-likeness (QED) is 0.0526. The van der Waals surface area contributed by atoms with Gasteiger partial charge in [0, 0.05) is 11.9 Å². The van der Waals surface area contributed by atoms with Crippen LogP contribution in [0.5, 0.6) is 0 Å². The number of hydrogen-bond donors (Lipinski definition) is 2. The molecule has 54 heavy (non-hydrogen) atoms. The van der Waals surface area contributed by atoms with Crippen LogP contribution in [0.2, 0.25) is 0 Å². The van der Waals surface area contributed by atoms with Gasteiger partial charge in [-0.3, -0.25) is 5.32 Å². The summed E-state index contributed by atoms with van der Waals surface area (Å²) in [5.41, 5.74) is 4.36. The Labute approximate surface area is 341 Å². The maximum atomic E-state index is 12.4. The van der Waals surface area contributed by atoms with Crippen LogP contribution in [0.4, 0.5) is 5.13 Å². The van der Waals surface area contributed by atoms with E-state index in [0.29, 0.717) is 11.7 Å². The van der Waals surface area contributed by atoms with Crippen molar-refractivity contribution < 1.29 is 44.3 Å². The molecule has 0 unspecified atom stereocenters. The number of hydrogen-bond acceptors (Lipinski definition) is 8. The normalized spacial score (nSPS) is 11.7. The van der Waals surface area contributed by atoms with E-state index >= 15 is 0 Å². The van der Waals surface area contributed by atoms with Crippen LogP contribution >= 0.6 is 11.3 Å². The van der Waals surface area contributed by atoms with Gasteiger partial charge in [0.25, 0.3) is 0 Å². The molecule has 0 saturated heterocycles. The molecule has 7 nitrogen and oxygen atoms in total. The molecule has 6 aromatic carbocycles. The van der Waals surface area contributed by atoms with Crippen LogP contribution in [0.25, 0.3) is 0 Å². The molecule has 0 amide bonds. The molecule has 9 heteroatoms. The van der Waals surface area contributed by atoms with E-state index in [1.54, 1.807) is 5.38 Å². The molecule has 0 aliphatic heterocycles. The third kappa shape index (κ3) is 8.09. The molecule has 7 aromatic rings. The van der Waals surface area contributed by atoms with Gasteiger partial charge in [0.1, 0.15) is 17.8 Å². The zero-order chi connectivity index (χ0) is 36.4. The third-order valence-electron chi connectivity index (χ3n) is 9.21. The number of rotatable bonds is 15. The average molecular weight is 737 g/mol. The van der Waals surface area contributed by atoms with Gasteiger partial charge in [0.2, 0.25) is 0 Å². The van der Waals surface area contributed by atoms with E-state index in [1.165, 1.54) is 11.3 Å². The first-order valence-corrected chi connectivity index (χ1v) is 18.2. The first-order valence-electron chi connectivity index (χ1n) is 17.3. The number of carbonyl (C=O) groups excluding carboxylic acids is 1. The zero-order valence-corrected chi connectivity index (χ0v) is 32.7. The topological polar surface area (TPSA) is 98.7 Å². The standard InChI is InChI=1S/C45H38N4O3S.Na/c50-42(51)41(49-52-32-31-46-44(34-19-7-1-8-20-34,35-21-9-2-10-22-35)36-23-11-3-12-24-36)40-33-53-43(47-40)48-45(37-25-13-4-14-26-37,38-27-15-5-16-28-38)39-29-17-6-18-30-39;/h1-30,33,46H,31-32H2,(H,47,48)(H,50,51);/q;+1/p-1. The van der Waals surface area contributed by atoms with Crippen molar-refractivity contribution in [3.05, 3.63) is 226 Å². The van der Waals surface area contributed by atoms with Crippen LogP contribution in [0.15, 0.2) is 193 Å². The molecule has 1 aromatic heterocycles. The molecule has 0 atom stereocenters. The predicted octanol–water partition coefficient (Wildman–Crippen LogP) is 4.60. The molecule has 0 bridgehead atoms. The number of thiazole rings is 1. The van der Waals surface area contributed by atoms with Gasteiger partial charge < -0.3 is 20.1 Å². The van der Waals surface area contributed by atoms with E-state index in [0.717, 1.165) is 33.4 Å². The molecule has 0 spiro atoms. The molecule has 2 N–H and O–H groups in total. The average Bonchev–Trinajstić information content (AvgIpc) is 3.69. The van der Waals surface area contributed by atoms with Crippen molar-refractivity contribution in [2.24, 2.45) is 5.16 Å². The van der Waals surface area contributed by atoms with Crippen LogP contribution in [0.1, 0.15) is 39.1 Å². The van der Waals surface area contributed by atoms with Crippen LogP contribution in [-0.4, -0.2) is 29.8 Å². The monoisotopic (exact) mass is 736 g/mol. The van der Waals surface area contributed by atoms with Crippen molar-refractivity contribution in [1.82, 2.24) is 10.3 Å². The Morgan fingerprint density at radius 3 is 1.30 bits per heavy atom. The smallest absolute Gasteiger partial charge is 0.543 e. The first-order chi connectivity index (χ1) is 26.1. The molecule has 262 valence electrons. The Bertz CT molecular complexity index is 2050. The SMILES string of the molecule is O=C([O-])C(=NOCCNC(c1ccccc1)(c1ccccc1)c1ccccc1)c1csc(NC(c2ccccc2)(c2ccccc2)c2ccccc2)n1.[Na+]. The fourth-order valence-electron chi connectivity index (χ4n) is 6.83. The van der Waals surface area contributed by atoms with Gasteiger partial charge in [-0.2, -0.15) is 0 Å². The van der Waals surface area contributed by atoms with Gasteiger partial charge in [0.15, 0.2) is 10.8 Å². The summed E-state index contributed by atoms with van der Waals surface area (Å²) in [6.07, 6.45) is 0. The zero-order valence-electron chi connectivity index (χ0n) is 29.8. The third-order valence-corrected chi connectivity index (χ3v) is 9.97. The van der Waals surface area contributed by atoms with Crippen LogP contribution in [-0.2, 0) is 20.7 Å². The van der Waals surface area contributed by atoms with E-state index in [4.69, 9.17) is 9.82 Å². The summed E-state index contributed by atoms with van der Waals surface area (Å²) in [7, 11) is 0. The molecular formula is C45H37N4NaO3S. The van der Waals surface area contributed by atoms with Crippen molar-refractivity contribution in [3.8, 4) is 0 Å². The van der Waals surface area contributed by atoms with Crippen LogP contribution < -0.4 is 45.3 Å². The van der Waals surface area contributed by atoms with Crippen molar-refractivity contribution in [1.29, 1.82) is 0 Å². The second kappa shape index (κ2) is 18.1. The second-order valence-corrected chi connectivity index (χ2v) is 13.2. The number of nitrogens with zero attached hydrogens (tertiary/aromatic N) is 2. The number of nitrogens with one attached hydrogen (secondary N) is 2. The summed E-state index contributed by atoms with van der Waals surface area (Å²) in [4.78, 5) is 22.8. The molecule has 0 fully saturated rings. The van der Waals surface area contributed by atoms with Gasteiger partial charge in [-0.15, -0.1) is 11.3 Å². The largest absolute Gasteiger partial charge is 1.00 e. The Morgan fingerprint density at radius 2 is 0.944 bits per heavy atom. The van der Waals surface area contributed by atoms with Gasteiger partial charge in [-0.1, -0.05) is 187 Å². The number of carboxylic acid groups (broad SMARTS) is 1. The number of aliphatic carboxylic acids is 1. The van der Waals surface area contributed by atoms with Crippen LogP contribution in [0.3, 0.4) is 0 Å². The van der Waals surface area contributed by atoms with Gasteiger partial charge in [-0.05, 0) is 33.4 Å². The Hall–Kier alpha value is -5.35. The molecule has 0 radical (unpaired) electrons. The second-order valence-electron chi connectivity index (χ2n) is 12.3. The summed E-state index contributed by atoms with van der Waals surface area (Å²) >= 11 is 1.28. The maximum absolute atomic E-state index is 12.4. The van der Waals surface area contributed by atoms with Crippen molar-refractivity contribution in [2.75, 3.05) is 18.5 Å². The fourth-order valence-corrected chi connectivity index (χ4v) is 7.59. The van der Waals surface area contributed by atoms with Crippen molar-refractivity contribution >= 4 is 28.1 Å². The number of carboxylic acids is 1. The molecule has 0 aliphatic carbocycles. The summed E-state index contributed by atoms with van der Waals surface area (Å²) in [6, 6.07) is 61.0. The number of carbonyl (C=O) groups is 1. The molecule has 0 aliphatic rings. The van der Waals surface area contributed by atoms with E-state index in [-0.39, 0.29) is 47.6 Å². The molecule has 1 heterocycles. The van der Waals surface area contributed by atoms with Crippen molar-refractivity contribution in [3.63, 3.8) is 0 Å². The van der Waals surface area contributed by atoms with E-state index in [2.05, 4.69) is 88.6 Å². The molecular weight excluding hydrogens is 700 g/mol. The molecule has 0 saturated carbocycles. The Balaban J connectivity index is 0.00000497. The van der Waals surface area contributed by atoms with E-state index in [9.17, 15) is 9.90 Å². The van der Waals surface area contributed by atoms with Crippen LogP contribution in [0, 0.1) is 0 Å². The predicted molar refractivity (Wildman–Crippen MR) is 210 cm³/mol. The number of oxime groups is 1. The summed E-state index contributed by atoms with van der Waals surface area (Å²) in [6.45, 7) is 0.430. The summed E-state index contributed by atoms with van der Waals surface area (Å²) < 4.78 is 0. The maximum Gasteiger partial charge on any atom is 1.00 e. The summed E-state index contributed by atoms with van der Waals surface area (Å²) in [5, 5.41) is 26.0. The number of aromatic nitrogens is 1. The Kier molecular flexibility index (Phi) is 12.9. The van der Waals surface area contributed by atoms with E-state index < -0.39 is 17.0 Å². The first kappa shape index (κ1) is 38.4. The van der Waals surface area contributed by atoms with Gasteiger partial charge in [0.05, 0.1) is 11.5 Å².